The summed E-state index contributed by atoms with van der Waals surface area (Å²) in [5.41, 5.74) is 11.2. The summed E-state index contributed by atoms with van der Waals surface area (Å²) < 4.78 is 2.31. The van der Waals surface area contributed by atoms with Crippen LogP contribution < -0.4 is 0 Å². The van der Waals surface area contributed by atoms with Gasteiger partial charge in [-0.25, -0.2) is 4.85 Å². The maximum Gasteiger partial charge on any atom is 0.188 e. The van der Waals surface area contributed by atoms with E-state index in [0.29, 0.717) is 5.69 Å². The molecule has 0 N–H and O–H groups in total. The molecule has 2 heteroatoms. The molecule has 2 nitrogen and oxygen atoms in total. The van der Waals surface area contributed by atoms with Crippen molar-refractivity contribution < 1.29 is 0 Å². The minimum Gasteiger partial charge on any atom is -0.309 e. The number of para-hydroxylation sites is 1. The second-order valence-electron chi connectivity index (χ2n) is 14.3. The fourth-order valence-electron chi connectivity index (χ4n) is 8.92. The molecule has 10 aromatic carbocycles. The van der Waals surface area contributed by atoms with Crippen LogP contribution in [-0.2, 0) is 0 Å². The SMILES string of the molecule is [C-]#[N+]c1ccc2c(c1)c1cc(-c3ccc(-c4cc5c6ccccc6c(-c6ccccc6)cc5c5ccccc45)c4ccccc34)ccc1n2-c1ccccc1. The summed E-state index contributed by atoms with van der Waals surface area (Å²) in [5.74, 6) is 0. The van der Waals surface area contributed by atoms with Crippen molar-refractivity contribution in [2.24, 2.45) is 0 Å². The third kappa shape index (κ3) is 4.81. The van der Waals surface area contributed by atoms with Crippen molar-refractivity contribution in [3.8, 4) is 39.1 Å². The van der Waals surface area contributed by atoms with Crippen LogP contribution in [0.5, 0.6) is 0 Å². The van der Waals surface area contributed by atoms with Crippen LogP contribution >= 0.6 is 0 Å². The molecule has 0 saturated carbocycles. The smallest absolute Gasteiger partial charge is 0.188 e. The molecule has 0 aliphatic heterocycles. The zero-order chi connectivity index (χ0) is 36.5. The van der Waals surface area contributed by atoms with Gasteiger partial charge in [-0.15, -0.1) is 0 Å². The molecule has 1 heterocycles. The van der Waals surface area contributed by atoms with Crippen molar-refractivity contribution in [1.82, 2.24) is 4.57 Å². The Balaban J connectivity index is 1.15. The van der Waals surface area contributed by atoms with Crippen LogP contribution in [-0.4, -0.2) is 4.57 Å². The summed E-state index contributed by atoms with van der Waals surface area (Å²) in [5, 5.41) is 12.2. The third-order valence-electron chi connectivity index (χ3n) is 11.4. The topological polar surface area (TPSA) is 9.29 Å². The highest BCUT2D eigenvalue weighted by molar-refractivity contribution is 6.25. The lowest BCUT2D eigenvalue weighted by Crippen LogP contribution is -1.93. The van der Waals surface area contributed by atoms with Gasteiger partial charge in [0.25, 0.3) is 0 Å². The standard InChI is InChI=1S/C53H32N2/c1-54-36-25-29-53-51(31-36)50-30-35(24-28-52(50)55(53)37-16-6-3-7-17-37)38-26-27-45(40-19-9-8-18-39(38)40)47-33-49-42-21-11-10-20-41(42)46(34-14-4-2-5-15-34)32-48(49)44-23-13-12-22-43(44)47/h2-33H. The number of benzene rings is 10. The summed E-state index contributed by atoms with van der Waals surface area (Å²) in [6, 6.07) is 70.1. The lowest BCUT2D eigenvalue weighted by Gasteiger charge is -2.18. The van der Waals surface area contributed by atoms with E-state index in [4.69, 9.17) is 6.57 Å². The molecule has 11 rings (SSSR count). The highest BCUT2D eigenvalue weighted by Crippen LogP contribution is 2.45. The van der Waals surface area contributed by atoms with E-state index in [-0.39, 0.29) is 0 Å². The van der Waals surface area contributed by atoms with Gasteiger partial charge in [-0.3, -0.25) is 0 Å². The van der Waals surface area contributed by atoms with E-state index >= 15 is 0 Å². The largest absolute Gasteiger partial charge is 0.309 e. The molecule has 0 radical (unpaired) electrons. The molecular formula is C53H32N2. The minimum absolute atomic E-state index is 0.645. The zero-order valence-corrected chi connectivity index (χ0v) is 29.9. The van der Waals surface area contributed by atoms with E-state index in [1.165, 1.54) is 70.9 Å². The van der Waals surface area contributed by atoms with Gasteiger partial charge in [0.15, 0.2) is 5.69 Å². The Morgan fingerprint density at radius 3 is 1.45 bits per heavy atom. The molecule has 55 heavy (non-hydrogen) atoms. The number of rotatable bonds is 4. The van der Waals surface area contributed by atoms with Gasteiger partial charge in [0.1, 0.15) is 0 Å². The molecule has 0 aliphatic carbocycles. The van der Waals surface area contributed by atoms with Gasteiger partial charge in [0, 0.05) is 11.1 Å². The average Bonchev–Trinajstić information content (AvgIpc) is 3.59. The summed E-state index contributed by atoms with van der Waals surface area (Å²) in [4.78, 5) is 3.79. The van der Waals surface area contributed by atoms with E-state index in [2.05, 4.69) is 185 Å². The first-order chi connectivity index (χ1) is 27.2. The van der Waals surface area contributed by atoms with Gasteiger partial charge in [-0.2, -0.15) is 0 Å². The predicted octanol–water partition coefficient (Wildman–Crippen LogP) is 14.9. The molecule has 0 saturated heterocycles. The number of nitrogens with zero attached hydrogens (tertiary/aromatic N) is 2. The Hall–Kier alpha value is -7.47. The van der Waals surface area contributed by atoms with Crippen molar-refractivity contribution in [2.45, 2.75) is 0 Å². The molecular weight excluding hydrogens is 665 g/mol. The zero-order valence-electron chi connectivity index (χ0n) is 29.9. The Kier molecular flexibility index (Phi) is 6.96. The first kappa shape index (κ1) is 31.1. The molecule has 0 bridgehead atoms. The monoisotopic (exact) mass is 696 g/mol. The highest BCUT2D eigenvalue weighted by atomic mass is 15.0. The Bertz CT molecular complexity index is 3370. The minimum atomic E-state index is 0.645. The van der Waals surface area contributed by atoms with Crippen LogP contribution in [0.25, 0.3) is 109 Å². The fourth-order valence-corrected chi connectivity index (χ4v) is 8.92. The Labute approximate surface area is 318 Å². The summed E-state index contributed by atoms with van der Waals surface area (Å²) in [6.07, 6.45) is 0. The lowest BCUT2D eigenvalue weighted by molar-refractivity contribution is 1.18. The van der Waals surface area contributed by atoms with Crippen LogP contribution in [0.2, 0.25) is 0 Å². The van der Waals surface area contributed by atoms with Crippen LogP contribution in [0.15, 0.2) is 194 Å². The molecule has 11 aromatic rings. The van der Waals surface area contributed by atoms with E-state index in [9.17, 15) is 0 Å². The second-order valence-corrected chi connectivity index (χ2v) is 14.3. The Morgan fingerprint density at radius 1 is 0.309 bits per heavy atom. The molecule has 254 valence electrons. The van der Waals surface area contributed by atoms with Crippen LogP contribution in [0.4, 0.5) is 5.69 Å². The maximum atomic E-state index is 7.75. The first-order valence-corrected chi connectivity index (χ1v) is 18.7. The van der Waals surface area contributed by atoms with Gasteiger partial charge in [-0.05, 0) is 130 Å². The summed E-state index contributed by atoms with van der Waals surface area (Å²) >= 11 is 0. The number of hydrogen-bond acceptors (Lipinski definition) is 0. The number of hydrogen-bond donors (Lipinski definition) is 0. The van der Waals surface area contributed by atoms with Crippen molar-refractivity contribution in [3.05, 3.63) is 206 Å². The normalized spacial score (nSPS) is 11.6. The van der Waals surface area contributed by atoms with Gasteiger partial charge in [0.2, 0.25) is 0 Å². The van der Waals surface area contributed by atoms with Gasteiger partial charge < -0.3 is 4.57 Å². The average molecular weight is 697 g/mol. The van der Waals surface area contributed by atoms with E-state index in [1.54, 1.807) is 0 Å². The van der Waals surface area contributed by atoms with Crippen LogP contribution in [0.3, 0.4) is 0 Å². The van der Waals surface area contributed by atoms with Crippen molar-refractivity contribution in [1.29, 1.82) is 0 Å². The van der Waals surface area contributed by atoms with Crippen molar-refractivity contribution in [2.75, 3.05) is 0 Å². The van der Waals surface area contributed by atoms with Crippen LogP contribution in [0, 0.1) is 6.57 Å². The summed E-state index contributed by atoms with van der Waals surface area (Å²) in [6.45, 7) is 7.75. The van der Waals surface area contributed by atoms with E-state index in [0.717, 1.165) is 33.1 Å². The predicted molar refractivity (Wildman–Crippen MR) is 233 cm³/mol. The maximum absolute atomic E-state index is 7.75. The second kappa shape index (κ2) is 12.3. The van der Waals surface area contributed by atoms with Crippen LogP contribution in [0.1, 0.15) is 0 Å². The van der Waals surface area contributed by atoms with Crippen molar-refractivity contribution in [3.63, 3.8) is 0 Å². The molecule has 0 amide bonds. The Morgan fingerprint density at radius 2 is 0.800 bits per heavy atom. The van der Waals surface area contributed by atoms with E-state index in [1.807, 2.05) is 18.2 Å². The molecule has 0 unspecified atom stereocenters. The molecule has 0 spiro atoms. The first-order valence-electron chi connectivity index (χ1n) is 18.7. The lowest BCUT2D eigenvalue weighted by atomic mass is 9.86. The van der Waals surface area contributed by atoms with E-state index < -0.39 is 0 Å². The molecule has 0 aliphatic rings. The van der Waals surface area contributed by atoms with Crippen molar-refractivity contribution >= 4 is 70.6 Å². The molecule has 0 atom stereocenters. The summed E-state index contributed by atoms with van der Waals surface area (Å²) in [7, 11) is 0. The number of fused-ring (bicyclic) bond motifs is 9. The fraction of sp³-hybridized carbons (Fsp3) is 0. The van der Waals surface area contributed by atoms with Gasteiger partial charge in [0.05, 0.1) is 17.6 Å². The quantitative estimate of drug-likeness (QED) is 0.128. The molecule has 0 fully saturated rings. The third-order valence-corrected chi connectivity index (χ3v) is 11.4. The van der Waals surface area contributed by atoms with Gasteiger partial charge in [-0.1, -0.05) is 146 Å². The molecule has 1 aromatic heterocycles. The number of aromatic nitrogens is 1. The van der Waals surface area contributed by atoms with Gasteiger partial charge >= 0.3 is 0 Å². The highest BCUT2D eigenvalue weighted by Gasteiger charge is 2.18.